The van der Waals surface area contributed by atoms with Crippen molar-refractivity contribution in [2.45, 2.75) is 19.4 Å². The van der Waals surface area contributed by atoms with E-state index in [-0.39, 0.29) is 6.54 Å². The average molecular weight is 383 g/mol. The van der Waals surface area contributed by atoms with Gasteiger partial charge in [0, 0.05) is 17.6 Å². The van der Waals surface area contributed by atoms with Crippen molar-refractivity contribution in [3.63, 3.8) is 0 Å². The summed E-state index contributed by atoms with van der Waals surface area (Å²) in [6.07, 6.45) is 1.63. The maximum atomic E-state index is 10.5. The van der Waals surface area contributed by atoms with Crippen LogP contribution in [0.5, 0.6) is 5.88 Å². The predicted molar refractivity (Wildman–Crippen MR) is 103 cm³/mol. The Morgan fingerprint density at radius 3 is 2.92 bits per heavy atom. The zero-order valence-electron chi connectivity index (χ0n) is 14.3. The summed E-state index contributed by atoms with van der Waals surface area (Å²) in [5, 5.41) is 19.3. The van der Waals surface area contributed by atoms with Crippen LogP contribution < -0.4 is 15.4 Å². The first-order chi connectivity index (χ1) is 12.0. The summed E-state index contributed by atoms with van der Waals surface area (Å²) in [6.45, 7) is 5.65. The van der Waals surface area contributed by atoms with E-state index in [4.69, 9.17) is 16.3 Å². The maximum absolute atomic E-state index is 10.5. The molecule has 25 heavy (non-hydrogen) atoms. The van der Waals surface area contributed by atoms with E-state index in [1.165, 1.54) is 11.3 Å². The molecule has 2 rings (SSSR count). The molecule has 136 valence electrons. The summed E-state index contributed by atoms with van der Waals surface area (Å²) in [4.78, 5) is 9.41. The van der Waals surface area contributed by atoms with Crippen LogP contribution in [-0.4, -0.2) is 42.3 Å². The van der Waals surface area contributed by atoms with Gasteiger partial charge in [0.25, 0.3) is 0 Å². The molecule has 1 atom stereocenters. The molecule has 2 aromatic heterocycles. The van der Waals surface area contributed by atoms with Crippen LogP contribution in [0, 0.1) is 0 Å². The molecule has 0 aliphatic carbocycles. The molecule has 0 spiro atoms. The van der Waals surface area contributed by atoms with Gasteiger partial charge < -0.3 is 20.5 Å². The van der Waals surface area contributed by atoms with Gasteiger partial charge in [-0.2, -0.15) is 0 Å². The van der Waals surface area contributed by atoms with Crippen molar-refractivity contribution < 1.29 is 9.84 Å². The number of aliphatic hydroxyl groups is 1. The number of hydrogen-bond donors (Lipinski definition) is 3. The Balaban J connectivity index is 1.84. The largest absolute Gasteiger partial charge is 0.475 e. The minimum atomic E-state index is -0.992. The Labute approximate surface area is 156 Å². The monoisotopic (exact) mass is 382 g/mol. The van der Waals surface area contributed by atoms with Crippen molar-refractivity contribution in [2.24, 2.45) is 4.99 Å². The molecule has 1 unspecified atom stereocenters. The number of nitrogens with zero attached hydrogens (tertiary/aromatic N) is 2. The van der Waals surface area contributed by atoms with Crippen LogP contribution in [0.2, 0.25) is 5.02 Å². The fourth-order valence-electron chi connectivity index (χ4n) is 2.03. The Morgan fingerprint density at radius 1 is 1.40 bits per heavy atom. The van der Waals surface area contributed by atoms with Crippen LogP contribution in [0.1, 0.15) is 18.7 Å². The molecule has 2 aromatic rings. The zero-order valence-corrected chi connectivity index (χ0v) is 15.9. The molecule has 0 bridgehead atoms. The Morgan fingerprint density at radius 2 is 2.24 bits per heavy atom. The first kappa shape index (κ1) is 19.5. The van der Waals surface area contributed by atoms with Gasteiger partial charge in [-0.05, 0) is 37.4 Å². The van der Waals surface area contributed by atoms with E-state index in [2.05, 4.69) is 20.6 Å². The number of rotatable bonds is 8. The van der Waals surface area contributed by atoms with Gasteiger partial charge in [0.2, 0.25) is 5.88 Å². The minimum absolute atomic E-state index is 0.260. The number of thiophene rings is 1. The standard InChI is InChI=1S/C17H23ClN4O2S/c1-3-19-16(22-12-17(2,23)14-7-5-11-25-14)21-9-10-24-15-13(18)6-4-8-20-15/h4-8,11,23H,3,9-10,12H2,1-2H3,(H2,19,21,22). The van der Waals surface area contributed by atoms with Gasteiger partial charge in [0.1, 0.15) is 17.2 Å². The highest BCUT2D eigenvalue weighted by molar-refractivity contribution is 7.10. The second-order valence-corrected chi connectivity index (χ2v) is 6.87. The van der Waals surface area contributed by atoms with Gasteiger partial charge >= 0.3 is 0 Å². The van der Waals surface area contributed by atoms with Gasteiger partial charge in [0.05, 0.1) is 13.1 Å². The lowest BCUT2D eigenvalue weighted by Gasteiger charge is -2.20. The summed E-state index contributed by atoms with van der Waals surface area (Å²) >= 11 is 7.51. The normalized spacial score (nSPS) is 14.0. The fraction of sp³-hybridized carbons (Fsp3) is 0.412. The van der Waals surface area contributed by atoms with Gasteiger partial charge in [-0.15, -0.1) is 11.3 Å². The van der Waals surface area contributed by atoms with E-state index in [0.29, 0.717) is 30.0 Å². The van der Waals surface area contributed by atoms with Gasteiger partial charge in [0.15, 0.2) is 5.96 Å². The molecular formula is C17H23ClN4O2S. The molecule has 0 amide bonds. The smallest absolute Gasteiger partial charge is 0.232 e. The van der Waals surface area contributed by atoms with Gasteiger partial charge in [-0.1, -0.05) is 17.7 Å². The molecule has 0 saturated carbocycles. The van der Waals surface area contributed by atoms with Crippen LogP contribution in [0.25, 0.3) is 0 Å². The van der Waals surface area contributed by atoms with E-state index in [0.717, 1.165) is 11.4 Å². The molecule has 0 aliphatic heterocycles. The number of hydrogen-bond acceptors (Lipinski definition) is 5. The third kappa shape index (κ3) is 6.19. The van der Waals surface area contributed by atoms with Crippen molar-refractivity contribution in [3.8, 4) is 5.88 Å². The lowest BCUT2D eigenvalue weighted by atomic mass is 10.1. The molecule has 2 heterocycles. The molecule has 0 aromatic carbocycles. The topological polar surface area (TPSA) is 78.8 Å². The number of guanidine groups is 1. The Hall–Kier alpha value is -1.83. The molecule has 3 N–H and O–H groups in total. The van der Waals surface area contributed by atoms with Crippen molar-refractivity contribution in [2.75, 3.05) is 26.2 Å². The van der Waals surface area contributed by atoms with E-state index in [9.17, 15) is 5.11 Å². The molecule has 8 heteroatoms. The lowest BCUT2D eigenvalue weighted by molar-refractivity contribution is 0.0711. The third-order valence-corrected chi connectivity index (χ3v) is 4.71. The molecule has 0 radical (unpaired) electrons. The van der Waals surface area contributed by atoms with E-state index in [1.807, 2.05) is 24.4 Å². The lowest BCUT2D eigenvalue weighted by Crippen LogP contribution is -2.40. The van der Waals surface area contributed by atoms with E-state index >= 15 is 0 Å². The first-order valence-electron chi connectivity index (χ1n) is 8.05. The van der Waals surface area contributed by atoms with Crippen LogP contribution in [0.3, 0.4) is 0 Å². The number of aliphatic imine (C=N–C) groups is 1. The van der Waals surface area contributed by atoms with Crippen molar-refractivity contribution in [1.82, 2.24) is 15.6 Å². The van der Waals surface area contributed by atoms with Crippen molar-refractivity contribution in [1.29, 1.82) is 0 Å². The summed E-state index contributed by atoms with van der Waals surface area (Å²) in [7, 11) is 0. The summed E-state index contributed by atoms with van der Waals surface area (Å²) in [6, 6.07) is 7.31. The molecule has 0 fully saturated rings. The predicted octanol–water partition coefficient (Wildman–Crippen LogP) is 2.64. The number of ether oxygens (including phenoxy) is 1. The van der Waals surface area contributed by atoms with Crippen LogP contribution >= 0.6 is 22.9 Å². The van der Waals surface area contributed by atoms with E-state index in [1.54, 1.807) is 25.3 Å². The van der Waals surface area contributed by atoms with Crippen molar-refractivity contribution >= 4 is 28.9 Å². The molecule has 0 aliphatic rings. The molecule has 6 nitrogen and oxygen atoms in total. The fourth-order valence-corrected chi connectivity index (χ4v) is 2.99. The number of nitrogens with one attached hydrogen (secondary N) is 2. The number of pyridine rings is 1. The van der Waals surface area contributed by atoms with Gasteiger partial charge in [-0.25, -0.2) is 9.98 Å². The number of aromatic nitrogens is 1. The SMILES string of the molecule is CCNC(=NCC(C)(O)c1cccs1)NCCOc1ncccc1Cl. The third-order valence-electron chi connectivity index (χ3n) is 3.30. The van der Waals surface area contributed by atoms with Crippen LogP contribution in [0.4, 0.5) is 0 Å². The van der Waals surface area contributed by atoms with Crippen LogP contribution in [0.15, 0.2) is 40.8 Å². The number of halogens is 1. The molecular weight excluding hydrogens is 360 g/mol. The quantitative estimate of drug-likeness (QED) is 0.371. The minimum Gasteiger partial charge on any atom is -0.475 e. The summed E-state index contributed by atoms with van der Waals surface area (Å²) in [5.74, 6) is 1.03. The second-order valence-electron chi connectivity index (χ2n) is 5.51. The van der Waals surface area contributed by atoms with E-state index < -0.39 is 5.60 Å². The highest BCUT2D eigenvalue weighted by Gasteiger charge is 2.23. The van der Waals surface area contributed by atoms with Gasteiger partial charge in [-0.3, -0.25) is 0 Å². The Bertz CT molecular complexity index is 677. The summed E-state index contributed by atoms with van der Waals surface area (Å²) in [5.41, 5.74) is -0.992. The average Bonchev–Trinajstić information content (AvgIpc) is 3.13. The maximum Gasteiger partial charge on any atom is 0.232 e. The second kappa shape index (κ2) is 9.60. The van der Waals surface area contributed by atoms with Crippen LogP contribution in [-0.2, 0) is 5.60 Å². The zero-order chi connectivity index (χ0) is 18.1. The summed E-state index contributed by atoms with van der Waals surface area (Å²) < 4.78 is 5.53. The van der Waals surface area contributed by atoms with Crippen molar-refractivity contribution in [3.05, 3.63) is 45.7 Å². The molecule has 0 saturated heterocycles. The first-order valence-corrected chi connectivity index (χ1v) is 9.30. The highest BCUT2D eigenvalue weighted by Crippen LogP contribution is 2.25. The Kier molecular flexibility index (Phi) is 7.49. The highest BCUT2D eigenvalue weighted by atomic mass is 35.5.